The van der Waals surface area contributed by atoms with E-state index < -0.39 is 0 Å². The molecule has 1 aliphatic heterocycles. The van der Waals surface area contributed by atoms with Crippen LogP contribution in [0.25, 0.3) is 0 Å². The van der Waals surface area contributed by atoms with Crippen LogP contribution in [-0.2, 0) is 13.0 Å². The topological polar surface area (TPSA) is 61.0 Å². The molecule has 3 rings (SSSR count). The summed E-state index contributed by atoms with van der Waals surface area (Å²) in [6.07, 6.45) is 3.56. The molecule has 2 amide bonds. The molecule has 0 radical (unpaired) electrons. The summed E-state index contributed by atoms with van der Waals surface area (Å²) in [6.45, 7) is 3.47. The number of carbonyl (C=O) groups is 1. The molecule has 0 aliphatic carbocycles. The van der Waals surface area contributed by atoms with Crippen LogP contribution in [0.5, 0.6) is 0 Å². The number of urea groups is 1. The maximum absolute atomic E-state index is 12.4. The molecule has 1 atom stereocenters. The van der Waals surface area contributed by atoms with Gasteiger partial charge in [-0.15, -0.1) is 11.3 Å². The number of H-pyrrole nitrogens is 1. The Kier molecular flexibility index (Phi) is 3.73. The Balaban J connectivity index is 1.65. The van der Waals surface area contributed by atoms with E-state index in [1.165, 1.54) is 4.88 Å². The molecule has 0 spiro atoms. The molecule has 20 heavy (non-hydrogen) atoms. The SMILES string of the molecule is CC[C@H](NC(=O)N1CCc2[nH]ncc2C1)c1cccs1. The van der Waals surface area contributed by atoms with Gasteiger partial charge in [-0.1, -0.05) is 13.0 Å². The number of amides is 2. The Morgan fingerprint density at radius 3 is 3.30 bits per heavy atom. The third-order valence-electron chi connectivity index (χ3n) is 3.68. The minimum atomic E-state index is 0.0112. The number of hydrogen-bond donors (Lipinski definition) is 2. The second kappa shape index (κ2) is 5.66. The van der Waals surface area contributed by atoms with Crippen LogP contribution < -0.4 is 5.32 Å². The highest BCUT2D eigenvalue weighted by molar-refractivity contribution is 7.10. The molecule has 5 nitrogen and oxygen atoms in total. The number of rotatable bonds is 3. The summed E-state index contributed by atoms with van der Waals surface area (Å²) in [4.78, 5) is 15.4. The van der Waals surface area contributed by atoms with Gasteiger partial charge in [0, 0.05) is 29.1 Å². The first kappa shape index (κ1) is 13.2. The van der Waals surface area contributed by atoms with Crippen LogP contribution in [0.15, 0.2) is 23.7 Å². The van der Waals surface area contributed by atoms with Crippen molar-refractivity contribution >= 4 is 17.4 Å². The lowest BCUT2D eigenvalue weighted by molar-refractivity contribution is 0.188. The fraction of sp³-hybridized carbons (Fsp3) is 0.429. The Bertz CT molecular complexity index is 578. The first-order valence-corrected chi connectivity index (χ1v) is 7.76. The minimum Gasteiger partial charge on any atom is -0.330 e. The lowest BCUT2D eigenvalue weighted by Crippen LogP contribution is -2.43. The van der Waals surface area contributed by atoms with E-state index in [1.807, 2.05) is 22.5 Å². The second-order valence-electron chi connectivity index (χ2n) is 4.97. The molecule has 0 unspecified atom stereocenters. The van der Waals surface area contributed by atoms with Crippen molar-refractivity contribution in [2.75, 3.05) is 6.54 Å². The molecule has 6 heteroatoms. The highest BCUT2D eigenvalue weighted by Gasteiger charge is 2.23. The molecule has 0 saturated heterocycles. The predicted molar refractivity (Wildman–Crippen MR) is 78.6 cm³/mol. The van der Waals surface area contributed by atoms with Crippen molar-refractivity contribution in [3.63, 3.8) is 0 Å². The van der Waals surface area contributed by atoms with Gasteiger partial charge in [0.1, 0.15) is 0 Å². The van der Waals surface area contributed by atoms with E-state index >= 15 is 0 Å². The predicted octanol–water partition coefficient (Wildman–Crippen LogP) is 2.69. The Morgan fingerprint density at radius 1 is 1.65 bits per heavy atom. The van der Waals surface area contributed by atoms with Gasteiger partial charge in [0.15, 0.2) is 0 Å². The quantitative estimate of drug-likeness (QED) is 0.913. The highest BCUT2D eigenvalue weighted by Crippen LogP contribution is 2.23. The van der Waals surface area contributed by atoms with Gasteiger partial charge in [-0.2, -0.15) is 5.10 Å². The number of aromatic amines is 1. The van der Waals surface area contributed by atoms with Crippen LogP contribution in [0.2, 0.25) is 0 Å². The van der Waals surface area contributed by atoms with E-state index in [0.717, 1.165) is 30.6 Å². The zero-order chi connectivity index (χ0) is 13.9. The summed E-state index contributed by atoms with van der Waals surface area (Å²) in [5.41, 5.74) is 2.27. The second-order valence-corrected chi connectivity index (χ2v) is 5.95. The van der Waals surface area contributed by atoms with Crippen LogP contribution in [-0.4, -0.2) is 27.7 Å². The van der Waals surface area contributed by atoms with Gasteiger partial charge in [-0.25, -0.2) is 4.79 Å². The normalized spacial score (nSPS) is 15.8. The third kappa shape index (κ3) is 2.56. The number of carbonyl (C=O) groups excluding carboxylic acids is 1. The number of fused-ring (bicyclic) bond motifs is 1. The van der Waals surface area contributed by atoms with Gasteiger partial charge in [0.25, 0.3) is 0 Å². The molecule has 0 fully saturated rings. The van der Waals surface area contributed by atoms with Crippen molar-refractivity contribution in [1.82, 2.24) is 20.4 Å². The summed E-state index contributed by atoms with van der Waals surface area (Å²) < 4.78 is 0. The summed E-state index contributed by atoms with van der Waals surface area (Å²) in [7, 11) is 0. The molecule has 0 saturated carbocycles. The lowest BCUT2D eigenvalue weighted by atomic mass is 10.1. The van der Waals surface area contributed by atoms with Crippen LogP contribution in [0.3, 0.4) is 0 Å². The molecule has 106 valence electrons. The summed E-state index contributed by atoms with van der Waals surface area (Å²) in [5.74, 6) is 0. The fourth-order valence-corrected chi connectivity index (χ4v) is 3.36. The standard InChI is InChI=1S/C14H18N4OS/c1-2-11(13-4-3-7-20-13)16-14(19)18-6-5-12-10(9-18)8-15-17-12/h3-4,7-8,11H,2,5-6,9H2,1H3,(H,15,17)(H,16,19)/t11-/m0/s1. The minimum absolute atomic E-state index is 0.0112. The van der Waals surface area contributed by atoms with Crippen LogP contribution in [0, 0.1) is 0 Å². The van der Waals surface area contributed by atoms with Gasteiger partial charge in [-0.05, 0) is 17.9 Å². The molecule has 2 aromatic heterocycles. The largest absolute Gasteiger partial charge is 0.330 e. The maximum atomic E-state index is 12.4. The number of thiophene rings is 1. The van der Waals surface area contributed by atoms with Crippen molar-refractivity contribution < 1.29 is 4.79 Å². The van der Waals surface area contributed by atoms with Gasteiger partial charge in [-0.3, -0.25) is 5.10 Å². The van der Waals surface area contributed by atoms with Crippen molar-refractivity contribution in [2.45, 2.75) is 32.4 Å². The van der Waals surface area contributed by atoms with E-state index in [2.05, 4.69) is 28.5 Å². The van der Waals surface area contributed by atoms with Gasteiger partial charge < -0.3 is 10.2 Å². The zero-order valence-electron chi connectivity index (χ0n) is 11.4. The van der Waals surface area contributed by atoms with Crippen LogP contribution >= 0.6 is 11.3 Å². The maximum Gasteiger partial charge on any atom is 0.318 e. The van der Waals surface area contributed by atoms with Crippen molar-refractivity contribution in [2.24, 2.45) is 0 Å². The van der Waals surface area contributed by atoms with E-state index in [9.17, 15) is 4.79 Å². The monoisotopic (exact) mass is 290 g/mol. The lowest BCUT2D eigenvalue weighted by Gasteiger charge is -2.28. The van der Waals surface area contributed by atoms with Gasteiger partial charge in [0.2, 0.25) is 0 Å². The number of aromatic nitrogens is 2. The fourth-order valence-electron chi connectivity index (χ4n) is 2.50. The number of nitrogens with zero attached hydrogens (tertiary/aromatic N) is 2. The molecule has 0 bridgehead atoms. The summed E-state index contributed by atoms with van der Waals surface area (Å²) in [5, 5.41) is 12.2. The van der Waals surface area contributed by atoms with Crippen molar-refractivity contribution in [1.29, 1.82) is 0 Å². The Hall–Kier alpha value is -1.82. The zero-order valence-corrected chi connectivity index (χ0v) is 12.2. The average molecular weight is 290 g/mol. The molecular formula is C14H18N4OS. The molecule has 1 aliphatic rings. The summed E-state index contributed by atoms with van der Waals surface area (Å²) in [6, 6.07) is 4.21. The highest BCUT2D eigenvalue weighted by atomic mass is 32.1. The first-order chi connectivity index (χ1) is 9.78. The molecule has 2 aromatic rings. The Labute approximate surface area is 122 Å². The molecule has 2 N–H and O–H groups in total. The molecule has 3 heterocycles. The van der Waals surface area contributed by atoms with Gasteiger partial charge >= 0.3 is 6.03 Å². The first-order valence-electron chi connectivity index (χ1n) is 6.88. The van der Waals surface area contributed by atoms with E-state index in [1.54, 1.807) is 11.3 Å². The van der Waals surface area contributed by atoms with E-state index in [4.69, 9.17) is 0 Å². The molecule has 0 aromatic carbocycles. The number of hydrogen-bond acceptors (Lipinski definition) is 3. The van der Waals surface area contributed by atoms with E-state index in [0.29, 0.717) is 6.54 Å². The van der Waals surface area contributed by atoms with Gasteiger partial charge in [0.05, 0.1) is 18.8 Å². The average Bonchev–Trinajstić information content (AvgIpc) is 3.14. The summed E-state index contributed by atoms with van der Waals surface area (Å²) >= 11 is 1.69. The third-order valence-corrected chi connectivity index (χ3v) is 4.67. The van der Waals surface area contributed by atoms with Crippen LogP contribution in [0.4, 0.5) is 4.79 Å². The Morgan fingerprint density at radius 2 is 2.55 bits per heavy atom. The van der Waals surface area contributed by atoms with Crippen molar-refractivity contribution in [3.8, 4) is 0 Å². The number of nitrogens with one attached hydrogen (secondary N) is 2. The van der Waals surface area contributed by atoms with Crippen LogP contribution in [0.1, 0.15) is 35.5 Å². The van der Waals surface area contributed by atoms with E-state index in [-0.39, 0.29) is 12.1 Å². The molecular weight excluding hydrogens is 272 g/mol. The van der Waals surface area contributed by atoms with Crippen molar-refractivity contribution in [3.05, 3.63) is 39.8 Å². The smallest absolute Gasteiger partial charge is 0.318 e.